The molecular weight excluding hydrogens is 350 g/mol. The van der Waals surface area contributed by atoms with Crippen LogP contribution in [0.15, 0.2) is 84.9 Å². The van der Waals surface area contributed by atoms with E-state index in [1.807, 2.05) is 79.7 Å². The standard InChI is InChI=1S/C23H23N3O2/c1-18-9-8-12-20(17-18)25-23(28)26(21-13-6-3-7-14-21)16-15-24-22(27)19-10-4-2-5-11-19/h2-14,17H,15-16H2,1H3,(H,24,27)(H,25,28). The Morgan fingerprint density at radius 3 is 2.21 bits per heavy atom. The van der Waals surface area contributed by atoms with Crippen molar-refractivity contribution in [3.63, 3.8) is 0 Å². The predicted molar refractivity (Wildman–Crippen MR) is 113 cm³/mol. The van der Waals surface area contributed by atoms with Crippen LogP contribution in [0.25, 0.3) is 0 Å². The summed E-state index contributed by atoms with van der Waals surface area (Å²) in [6.45, 7) is 2.66. The molecule has 28 heavy (non-hydrogen) atoms. The van der Waals surface area contributed by atoms with Gasteiger partial charge >= 0.3 is 6.03 Å². The summed E-state index contributed by atoms with van der Waals surface area (Å²) < 4.78 is 0. The van der Waals surface area contributed by atoms with Gasteiger partial charge in [-0.25, -0.2) is 4.79 Å². The van der Waals surface area contributed by atoms with Gasteiger partial charge in [-0.1, -0.05) is 48.5 Å². The molecule has 5 nitrogen and oxygen atoms in total. The molecule has 0 radical (unpaired) electrons. The number of anilines is 2. The molecule has 0 aromatic heterocycles. The molecule has 3 amide bonds. The molecule has 0 unspecified atom stereocenters. The highest BCUT2D eigenvalue weighted by Gasteiger charge is 2.16. The van der Waals surface area contributed by atoms with Gasteiger partial charge in [0.25, 0.3) is 5.91 Å². The van der Waals surface area contributed by atoms with Crippen LogP contribution >= 0.6 is 0 Å². The lowest BCUT2D eigenvalue weighted by Crippen LogP contribution is -2.41. The van der Waals surface area contributed by atoms with Gasteiger partial charge in [0.1, 0.15) is 0 Å². The Morgan fingerprint density at radius 1 is 0.857 bits per heavy atom. The van der Waals surface area contributed by atoms with Gasteiger partial charge in [0.15, 0.2) is 0 Å². The maximum absolute atomic E-state index is 12.9. The molecule has 0 aliphatic carbocycles. The summed E-state index contributed by atoms with van der Waals surface area (Å²) in [4.78, 5) is 26.7. The van der Waals surface area contributed by atoms with Crippen molar-refractivity contribution in [2.45, 2.75) is 6.92 Å². The Labute approximate surface area is 165 Å². The van der Waals surface area contributed by atoms with E-state index in [9.17, 15) is 9.59 Å². The Bertz CT molecular complexity index is 927. The van der Waals surface area contributed by atoms with E-state index in [1.54, 1.807) is 17.0 Å². The molecule has 3 aromatic carbocycles. The number of hydrogen-bond donors (Lipinski definition) is 2. The third-order valence-electron chi connectivity index (χ3n) is 4.24. The van der Waals surface area contributed by atoms with Crippen LogP contribution in [0, 0.1) is 6.92 Å². The average molecular weight is 373 g/mol. The monoisotopic (exact) mass is 373 g/mol. The summed E-state index contributed by atoms with van der Waals surface area (Å²) in [5.74, 6) is -0.160. The first-order valence-electron chi connectivity index (χ1n) is 9.17. The van der Waals surface area contributed by atoms with Crippen LogP contribution in [0.4, 0.5) is 16.2 Å². The van der Waals surface area contributed by atoms with Crippen molar-refractivity contribution in [3.8, 4) is 0 Å². The smallest absolute Gasteiger partial charge is 0.326 e. The quantitative estimate of drug-likeness (QED) is 0.670. The topological polar surface area (TPSA) is 61.4 Å². The van der Waals surface area contributed by atoms with Crippen LogP contribution in [0.2, 0.25) is 0 Å². The number of carbonyl (C=O) groups is 2. The Balaban J connectivity index is 1.67. The molecule has 0 atom stereocenters. The number of aryl methyl sites for hydroxylation is 1. The number of urea groups is 1. The number of benzene rings is 3. The third kappa shape index (κ3) is 5.20. The lowest BCUT2D eigenvalue weighted by atomic mass is 10.2. The van der Waals surface area contributed by atoms with E-state index >= 15 is 0 Å². The summed E-state index contributed by atoms with van der Waals surface area (Å²) in [6, 6.07) is 25.8. The zero-order valence-corrected chi connectivity index (χ0v) is 15.8. The van der Waals surface area contributed by atoms with Gasteiger partial charge in [-0.15, -0.1) is 0 Å². The zero-order valence-electron chi connectivity index (χ0n) is 15.8. The van der Waals surface area contributed by atoms with Gasteiger partial charge < -0.3 is 10.6 Å². The molecule has 0 saturated carbocycles. The number of amides is 3. The number of nitrogens with zero attached hydrogens (tertiary/aromatic N) is 1. The lowest BCUT2D eigenvalue weighted by Gasteiger charge is -2.23. The summed E-state index contributed by atoms with van der Waals surface area (Å²) in [7, 11) is 0. The number of nitrogens with one attached hydrogen (secondary N) is 2. The fourth-order valence-corrected chi connectivity index (χ4v) is 2.84. The van der Waals surface area contributed by atoms with E-state index < -0.39 is 0 Å². The number of para-hydroxylation sites is 1. The van der Waals surface area contributed by atoms with Crippen molar-refractivity contribution >= 4 is 23.3 Å². The summed E-state index contributed by atoms with van der Waals surface area (Å²) in [5.41, 5.74) is 3.16. The van der Waals surface area contributed by atoms with Crippen LogP contribution in [0.3, 0.4) is 0 Å². The Hall–Kier alpha value is -3.60. The van der Waals surface area contributed by atoms with Gasteiger partial charge in [-0.2, -0.15) is 0 Å². The van der Waals surface area contributed by atoms with Gasteiger partial charge in [0.05, 0.1) is 0 Å². The number of hydrogen-bond acceptors (Lipinski definition) is 2. The maximum Gasteiger partial charge on any atom is 0.326 e. The molecule has 5 heteroatoms. The summed E-state index contributed by atoms with van der Waals surface area (Å²) >= 11 is 0. The fourth-order valence-electron chi connectivity index (χ4n) is 2.84. The minimum atomic E-state index is -0.245. The van der Waals surface area contributed by atoms with Crippen LogP contribution in [0.1, 0.15) is 15.9 Å². The van der Waals surface area contributed by atoms with Gasteiger partial charge in [-0.3, -0.25) is 9.69 Å². The fraction of sp³-hybridized carbons (Fsp3) is 0.130. The maximum atomic E-state index is 12.9. The second-order valence-electron chi connectivity index (χ2n) is 6.41. The highest BCUT2D eigenvalue weighted by molar-refractivity contribution is 6.02. The number of carbonyl (C=O) groups excluding carboxylic acids is 2. The first-order valence-corrected chi connectivity index (χ1v) is 9.17. The Kier molecular flexibility index (Phi) is 6.41. The Morgan fingerprint density at radius 2 is 1.54 bits per heavy atom. The van der Waals surface area contributed by atoms with E-state index in [0.717, 1.165) is 16.9 Å². The second kappa shape index (κ2) is 9.37. The van der Waals surface area contributed by atoms with E-state index in [4.69, 9.17) is 0 Å². The van der Waals surface area contributed by atoms with Crippen LogP contribution in [-0.2, 0) is 0 Å². The summed E-state index contributed by atoms with van der Waals surface area (Å²) in [6.07, 6.45) is 0. The normalized spacial score (nSPS) is 10.2. The summed E-state index contributed by atoms with van der Waals surface area (Å²) in [5, 5.41) is 5.79. The molecule has 0 saturated heterocycles. The highest BCUT2D eigenvalue weighted by Crippen LogP contribution is 2.16. The molecule has 0 heterocycles. The predicted octanol–water partition coefficient (Wildman–Crippen LogP) is 4.46. The molecule has 0 fully saturated rings. The SMILES string of the molecule is Cc1cccc(NC(=O)N(CCNC(=O)c2ccccc2)c2ccccc2)c1. The molecule has 3 rings (SSSR count). The molecule has 3 aromatic rings. The van der Waals surface area contributed by atoms with E-state index in [0.29, 0.717) is 18.7 Å². The van der Waals surface area contributed by atoms with Crippen molar-refractivity contribution in [3.05, 3.63) is 96.1 Å². The van der Waals surface area contributed by atoms with Crippen molar-refractivity contribution in [2.24, 2.45) is 0 Å². The highest BCUT2D eigenvalue weighted by atomic mass is 16.2. The van der Waals surface area contributed by atoms with E-state index in [1.165, 1.54) is 0 Å². The molecule has 0 spiro atoms. The lowest BCUT2D eigenvalue weighted by molar-refractivity contribution is 0.0954. The minimum Gasteiger partial charge on any atom is -0.350 e. The molecule has 0 bridgehead atoms. The molecular formula is C23H23N3O2. The van der Waals surface area contributed by atoms with Crippen LogP contribution in [-0.4, -0.2) is 25.0 Å². The first kappa shape index (κ1) is 19.2. The zero-order chi connectivity index (χ0) is 19.8. The molecule has 0 aliphatic heterocycles. The minimum absolute atomic E-state index is 0.160. The van der Waals surface area contributed by atoms with Gasteiger partial charge in [-0.05, 0) is 48.9 Å². The van der Waals surface area contributed by atoms with Crippen molar-refractivity contribution in [1.29, 1.82) is 0 Å². The largest absolute Gasteiger partial charge is 0.350 e. The van der Waals surface area contributed by atoms with Gasteiger partial charge in [0, 0.05) is 30.0 Å². The first-order chi connectivity index (χ1) is 13.6. The van der Waals surface area contributed by atoms with Crippen molar-refractivity contribution < 1.29 is 9.59 Å². The average Bonchev–Trinajstić information content (AvgIpc) is 2.72. The van der Waals surface area contributed by atoms with Gasteiger partial charge in [0.2, 0.25) is 0 Å². The van der Waals surface area contributed by atoms with E-state index in [2.05, 4.69) is 10.6 Å². The van der Waals surface area contributed by atoms with E-state index in [-0.39, 0.29) is 11.9 Å². The molecule has 0 aliphatic rings. The molecule has 142 valence electrons. The third-order valence-corrected chi connectivity index (χ3v) is 4.24. The van der Waals surface area contributed by atoms with Crippen LogP contribution < -0.4 is 15.5 Å². The van der Waals surface area contributed by atoms with Crippen molar-refractivity contribution in [1.82, 2.24) is 5.32 Å². The molecule has 2 N–H and O–H groups in total. The van der Waals surface area contributed by atoms with Crippen molar-refractivity contribution in [2.75, 3.05) is 23.3 Å². The second-order valence-corrected chi connectivity index (χ2v) is 6.41. The number of rotatable bonds is 6. The van der Waals surface area contributed by atoms with Crippen LogP contribution in [0.5, 0.6) is 0 Å².